The van der Waals surface area contributed by atoms with Gasteiger partial charge in [0.25, 0.3) is 0 Å². The van der Waals surface area contributed by atoms with Crippen LogP contribution in [0.3, 0.4) is 0 Å². The first-order valence-electron chi connectivity index (χ1n) is 5.89. The maximum absolute atomic E-state index is 11.7. The van der Waals surface area contributed by atoms with Gasteiger partial charge in [-0.2, -0.15) is 0 Å². The van der Waals surface area contributed by atoms with Crippen LogP contribution in [-0.4, -0.2) is 17.7 Å². The van der Waals surface area contributed by atoms with Crippen LogP contribution in [0.5, 0.6) is 11.5 Å². The first kappa shape index (κ1) is 12.0. The van der Waals surface area contributed by atoms with Crippen molar-refractivity contribution in [2.45, 2.75) is 12.8 Å². The molecule has 0 saturated heterocycles. The molecular formula is C13H12N2O3S. The number of fused-ring (bicyclic) bond motifs is 1. The highest BCUT2D eigenvalue weighted by Gasteiger charge is 2.13. The van der Waals surface area contributed by atoms with Crippen LogP contribution >= 0.6 is 11.3 Å². The number of carbonyl (C=O) groups excluding carboxylic acids is 1. The minimum absolute atomic E-state index is 0.0346. The predicted molar refractivity (Wildman–Crippen MR) is 71.6 cm³/mol. The van der Waals surface area contributed by atoms with Crippen LogP contribution < -0.4 is 14.8 Å². The second-order valence-electron chi connectivity index (χ2n) is 4.07. The second-order valence-corrected chi connectivity index (χ2v) is 4.97. The number of amides is 1. The molecule has 5 nitrogen and oxygen atoms in total. The first-order valence-corrected chi connectivity index (χ1v) is 6.77. The van der Waals surface area contributed by atoms with Crippen LogP contribution in [0.15, 0.2) is 29.8 Å². The van der Waals surface area contributed by atoms with Gasteiger partial charge in [0.15, 0.2) is 16.6 Å². The Bertz CT molecular complexity index is 584. The molecule has 2 aromatic rings. The summed E-state index contributed by atoms with van der Waals surface area (Å²) in [5, 5.41) is 5.22. The van der Waals surface area contributed by atoms with Gasteiger partial charge in [0.1, 0.15) is 0 Å². The van der Waals surface area contributed by atoms with Gasteiger partial charge in [0, 0.05) is 18.0 Å². The Kier molecular flexibility index (Phi) is 3.33. The molecule has 0 unspecified atom stereocenters. The molecule has 1 amide bonds. The summed E-state index contributed by atoms with van der Waals surface area (Å²) in [5.74, 6) is 1.47. The molecule has 1 aromatic carbocycles. The number of thiazole rings is 1. The lowest BCUT2D eigenvalue weighted by Gasteiger charge is -2.03. The highest BCUT2D eigenvalue weighted by atomic mass is 32.1. The average Bonchev–Trinajstić information content (AvgIpc) is 3.06. The van der Waals surface area contributed by atoms with E-state index >= 15 is 0 Å². The molecule has 0 aliphatic carbocycles. The third kappa shape index (κ3) is 2.85. The number of anilines is 1. The van der Waals surface area contributed by atoms with Crippen molar-refractivity contribution in [2.24, 2.45) is 0 Å². The lowest BCUT2D eigenvalue weighted by Crippen LogP contribution is -2.11. The van der Waals surface area contributed by atoms with Crippen molar-refractivity contribution in [3.05, 3.63) is 35.3 Å². The van der Waals surface area contributed by atoms with Gasteiger partial charge >= 0.3 is 0 Å². The summed E-state index contributed by atoms with van der Waals surface area (Å²) < 4.78 is 10.5. The number of aromatic nitrogens is 1. The predicted octanol–water partition coefficient (Wildman–Crippen LogP) is 2.44. The molecule has 0 bridgehead atoms. The summed E-state index contributed by atoms with van der Waals surface area (Å²) in [6, 6.07) is 5.74. The zero-order valence-electron chi connectivity index (χ0n) is 10.1. The van der Waals surface area contributed by atoms with Gasteiger partial charge in [-0.25, -0.2) is 4.98 Å². The van der Waals surface area contributed by atoms with Crippen molar-refractivity contribution in [3.63, 3.8) is 0 Å². The van der Waals surface area contributed by atoms with Gasteiger partial charge in [0.05, 0.1) is 0 Å². The van der Waals surface area contributed by atoms with E-state index in [9.17, 15) is 4.79 Å². The topological polar surface area (TPSA) is 60.5 Å². The van der Waals surface area contributed by atoms with Crippen molar-refractivity contribution in [1.82, 2.24) is 4.98 Å². The van der Waals surface area contributed by atoms with E-state index in [1.807, 2.05) is 23.6 Å². The Balaban J connectivity index is 1.56. The summed E-state index contributed by atoms with van der Waals surface area (Å²) in [7, 11) is 0. The molecule has 2 heterocycles. The quantitative estimate of drug-likeness (QED) is 0.931. The molecule has 6 heteroatoms. The number of aryl methyl sites for hydroxylation is 1. The number of hydrogen-bond acceptors (Lipinski definition) is 5. The summed E-state index contributed by atoms with van der Waals surface area (Å²) in [6.07, 6.45) is 2.74. The molecule has 0 spiro atoms. The van der Waals surface area contributed by atoms with E-state index < -0.39 is 0 Å². The average molecular weight is 276 g/mol. The van der Waals surface area contributed by atoms with Crippen molar-refractivity contribution in [1.29, 1.82) is 0 Å². The zero-order valence-corrected chi connectivity index (χ0v) is 10.9. The van der Waals surface area contributed by atoms with Gasteiger partial charge in [-0.05, 0) is 24.1 Å². The zero-order chi connectivity index (χ0) is 13.1. The smallest absolute Gasteiger partial charge is 0.231 e. The van der Waals surface area contributed by atoms with Crippen molar-refractivity contribution >= 4 is 22.4 Å². The fourth-order valence-corrected chi connectivity index (χ4v) is 2.37. The third-order valence-electron chi connectivity index (χ3n) is 2.76. The lowest BCUT2D eigenvalue weighted by atomic mass is 10.1. The van der Waals surface area contributed by atoms with Crippen molar-refractivity contribution in [2.75, 3.05) is 12.1 Å². The normalized spacial score (nSPS) is 12.4. The van der Waals surface area contributed by atoms with E-state index in [2.05, 4.69) is 10.3 Å². The molecule has 0 atom stereocenters. The Morgan fingerprint density at radius 2 is 2.26 bits per heavy atom. The van der Waals surface area contributed by atoms with Gasteiger partial charge in [-0.3, -0.25) is 4.79 Å². The molecule has 19 heavy (non-hydrogen) atoms. The van der Waals surface area contributed by atoms with Crippen LogP contribution in [-0.2, 0) is 11.2 Å². The highest BCUT2D eigenvalue weighted by Crippen LogP contribution is 2.32. The number of rotatable bonds is 4. The molecule has 1 aliphatic heterocycles. The van der Waals surface area contributed by atoms with Gasteiger partial charge < -0.3 is 14.8 Å². The molecule has 0 fully saturated rings. The molecule has 1 N–H and O–H groups in total. The van der Waals surface area contributed by atoms with Gasteiger partial charge in [0.2, 0.25) is 12.7 Å². The van der Waals surface area contributed by atoms with Crippen molar-refractivity contribution < 1.29 is 14.3 Å². The maximum Gasteiger partial charge on any atom is 0.231 e. The maximum atomic E-state index is 11.7. The minimum Gasteiger partial charge on any atom is -0.454 e. The molecular weight excluding hydrogens is 264 g/mol. The molecule has 0 saturated carbocycles. The molecule has 98 valence electrons. The largest absolute Gasteiger partial charge is 0.454 e. The summed E-state index contributed by atoms with van der Waals surface area (Å²) >= 11 is 1.41. The SMILES string of the molecule is O=C(CCc1ccc2c(c1)OCO2)Nc1nccs1. The fourth-order valence-electron chi connectivity index (χ4n) is 1.82. The minimum atomic E-state index is -0.0346. The van der Waals surface area contributed by atoms with Crippen molar-refractivity contribution in [3.8, 4) is 11.5 Å². The van der Waals surface area contributed by atoms with Crippen LogP contribution in [0, 0.1) is 0 Å². The number of ether oxygens (including phenoxy) is 2. The van der Waals surface area contributed by atoms with E-state index in [0.29, 0.717) is 18.0 Å². The monoisotopic (exact) mass is 276 g/mol. The Hall–Kier alpha value is -2.08. The van der Waals surface area contributed by atoms with Crippen LogP contribution in [0.2, 0.25) is 0 Å². The summed E-state index contributed by atoms with van der Waals surface area (Å²) in [4.78, 5) is 15.7. The lowest BCUT2D eigenvalue weighted by molar-refractivity contribution is -0.116. The summed E-state index contributed by atoms with van der Waals surface area (Å²) in [6.45, 7) is 0.267. The number of benzene rings is 1. The van der Waals surface area contributed by atoms with Gasteiger partial charge in [-0.1, -0.05) is 6.07 Å². The molecule has 1 aromatic heterocycles. The number of carbonyl (C=O) groups is 1. The van der Waals surface area contributed by atoms with E-state index in [0.717, 1.165) is 17.1 Å². The second kappa shape index (κ2) is 5.27. The first-order chi connectivity index (χ1) is 9.31. The highest BCUT2D eigenvalue weighted by molar-refractivity contribution is 7.13. The van der Waals surface area contributed by atoms with Gasteiger partial charge in [-0.15, -0.1) is 11.3 Å². The number of nitrogens with one attached hydrogen (secondary N) is 1. The van der Waals surface area contributed by atoms with E-state index in [1.54, 1.807) is 6.20 Å². The standard InChI is InChI=1S/C13H12N2O3S/c16-12(15-13-14-5-6-19-13)4-2-9-1-3-10-11(7-9)18-8-17-10/h1,3,5-7H,2,4,8H2,(H,14,15,16). The Labute approximate surface area is 114 Å². The Morgan fingerprint density at radius 3 is 3.11 bits per heavy atom. The van der Waals surface area contributed by atoms with E-state index in [4.69, 9.17) is 9.47 Å². The molecule has 0 radical (unpaired) electrons. The summed E-state index contributed by atoms with van der Waals surface area (Å²) in [5.41, 5.74) is 1.05. The molecule has 1 aliphatic rings. The fraction of sp³-hybridized carbons (Fsp3) is 0.231. The molecule has 3 rings (SSSR count). The number of hydrogen-bond donors (Lipinski definition) is 1. The van der Waals surface area contributed by atoms with Crippen LogP contribution in [0.25, 0.3) is 0 Å². The van der Waals surface area contributed by atoms with E-state index in [1.165, 1.54) is 11.3 Å². The Morgan fingerprint density at radius 1 is 1.37 bits per heavy atom. The van der Waals surface area contributed by atoms with E-state index in [-0.39, 0.29) is 12.7 Å². The van der Waals surface area contributed by atoms with Crippen LogP contribution in [0.4, 0.5) is 5.13 Å². The number of nitrogens with zero attached hydrogens (tertiary/aromatic N) is 1. The van der Waals surface area contributed by atoms with Crippen LogP contribution in [0.1, 0.15) is 12.0 Å². The third-order valence-corrected chi connectivity index (χ3v) is 3.44.